The van der Waals surface area contributed by atoms with E-state index in [1.165, 1.54) is 18.8 Å². The Kier molecular flexibility index (Phi) is 4.41. The fourth-order valence-corrected chi connectivity index (χ4v) is 3.79. The number of hydrogen-bond donors (Lipinski definition) is 1. The van der Waals surface area contributed by atoms with E-state index >= 15 is 0 Å². The molecule has 0 unspecified atom stereocenters. The highest BCUT2D eigenvalue weighted by Crippen LogP contribution is 2.38. The second-order valence-electron chi connectivity index (χ2n) is 7.52. The van der Waals surface area contributed by atoms with Crippen molar-refractivity contribution in [2.75, 3.05) is 26.2 Å². The van der Waals surface area contributed by atoms with Crippen LogP contribution in [0.5, 0.6) is 0 Å². The highest BCUT2D eigenvalue weighted by molar-refractivity contribution is 5.91. The van der Waals surface area contributed by atoms with Crippen LogP contribution in [0.15, 0.2) is 18.6 Å². The lowest BCUT2D eigenvalue weighted by Crippen LogP contribution is -2.67. The molecule has 1 spiro atoms. The van der Waals surface area contributed by atoms with Gasteiger partial charge in [0.15, 0.2) is 0 Å². The first-order chi connectivity index (χ1) is 12.2. The van der Waals surface area contributed by atoms with Crippen molar-refractivity contribution in [1.82, 2.24) is 20.2 Å². The van der Waals surface area contributed by atoms with Gasteiger partial charge in [0.05, 0.1) is 25.9 Å². The first kappa shape index (κ1) is 16.4. The summed E-state index contributed by atoms with van der Waals surface area (Å²) in [6.45, 7) is 2.68. The molecule has 7 nitrogen and oxygen atoms in total. The highest BCUT2D eigenvalue weighted by Gasteiger charge is 2.49. The zero-order chi connectivity index (χ0) is 17.3. The van der Waals surface area contributed by atoms with Crippen molar-refractivity contribution < 1.29 is 14.3 Å². The van der Waals surface area contributed by atoms with Crippen LogP contribution in [0, 0.1) is 11.8 Å². The molecule has 0 radical (unpaired) electrons. The lowest BCUT2D eigenvalue weighted by molar-refractivity contribution is -0.192. The van der Waals surface area contributed by atoms with Crippen LogP contribution in [-0.2, 0) is 9.53 Å². The molecule has 3 fully saturated rings. The van der Waals surface area contributed by atoms with Crippen molar-refractivity contribution in [2.24, 2.45) is 11.8 Å². The molecule has 0 bridgehead atoms. The normalized spacial score (nSPS) is 25.1. The average molecular weight is 344 g/mol. The zero-order valence-electron chi connectivity index (χ0n) is 14.3. The first-order valence-corrected chi connectivity index (χ1v) is 9.12. The van der Waals surface area contributed by atoms with Gasteiger partial charge in [0, 0.05) is 24.9 Å². The van der Waals surface area contributed by atoms with Gasteiger partial charge in [-0.05, 0) is 31.6 Å². The van der Waals surface area contributed by atoms with Crippen molar-refractivity contribution in [2.45, 2.75) is 37.7 Å². The van der Waals surface area contributed by atoms with Crippen LogP contribution in [-0.4, -0.2) is 58.5 Å². The van der Waals surface area contributed by atoms with Gasteiger partial charge in [0.2, 0.25) is 5.91 Å². The maximum Gasteiger partial charge on any atom is 0.271 e. The van der Waals surface area contributed by atoms with Gasteiger partial charge in [0.1, 0.15) is 11.3 Å². The maximum absolute atomic E-state index is 12.2. The molecule has 0 aromatic carbocycles. The van der Waals surface area contributed by atoms with Crippen molar-refractivity contribution in [3.63, 3.8) is 0 Å². The Morgan fingerprint density at radius 2 is 2.12 bits per heavy atom. The van der Waals surface area contributed by atoms with Gasteiger partial charge in [-0.1, -0.05) is 6.42 Å². The number of carbonyl (C=O) groups is 2. The summed E-state index contributed by atoms with van der Waals surface area (Å²) >= 11 is 0. The Labute approximate surface area is 147 Å². The summed E-state index contributed by atoms with van der Waals surface area (Å²) in [7, 11) is 0. The molecule has 2 saturated heterocycles. The topological polar surface area (TPSA) is 84.4 Å². The fraction of sp³-hybridized carbons (Fsp3) is 0.667. The number of amides is 2. The van der Waals surface area contributed by atoms with Crippen LogP contribution in [0.1, 0.15) is 42.6 Å². The minimum atomic E-state index is -0.200. The number of hydrogen-bond acceptors (Lipinski definition) is 5. The summed E-state index contributed by atoms with van der Waals surface area (Å²) in [5, 5.41) is 2.90. The summed E-state index contributed by atoms with van der Waals surface area (Å²) in [6, 6.07) is 0. The van der Waals surface area contributed by atoms with E-state index in [1.807, 2.05) is 4.90 Å². The SMILES string of the molecule is O=C(NC[C@@H]1CCC2(CN(C(=O)C3CCC3)C2)OC1)c1cnccn1. The number of nitrogens with zero attached hydrogens (tertiary/aromatic N) is 3. The van der Waals surface area contributed by atoms with E-state index in [1.54, 1.807) is 6.20 Å². The Balaban J connectivity index is 1.19. The van der Waals surface area contributed by atoms with E-state index in [2.05, 4.69) is 15.3 Å². The Hall–Kier alpha value is -2.02. The third kappa shape index (κ3) is 3.38. The molecule has 1 N–H and O–H groups in total. The minimum absolute atomic E-state index is 0.134. The van der Waals surface area contributed by atoms with Gasteiger partial charge >= 0.3 is 0 Å². The predicted octanol–water partition coefficient (Wildman–Crippen LogP) is 1.01. The molecule has 1 saturated carbocycles. The molecule has 2 aliphatic heterocycles. The number of aromatic nitrogens is 2. The molecule has 1 aliphatic carbocycles. The maximum atomic E-state index is 12.2. The van der Waals surface area contributed by atoms with Gasteiger partial charge in [0.25, 0.3) is 5.91 Å². The van der Waals surface area contributed by atoms with Crippen LogP contribution >= 0.6 is 0 Å². The second kappa shape index (κ2) is 6.71. The molecule has 1 atom stereocenters. The largest absolute Gasteiger partial charge is 0.371 e. The van der Waals surface area contributed by atoms with Crippen LogP contribution < -0.4 is 5.32 Å². The van der Waals surface area contributed by atoms with Crippen molar-refractivity contribution in [3.05, 3.63) is 24.3 Å². The van der Waals surface area contributed by atoms with Gasteiger partial charge in [-0.15, -0.1) is 0 Å². The lowest BCUT2D eigenvalue weighted by Gasteiger charge is -2.54. The minimum Gasteiger partial charge on any atom is -0.371 e. The standard InChI is InChI=1S/C18H24N4O3/c23-16(15-9-19-6-7-20-15)21-8-13-4-5-18(25-10-13)11-22(12-18)17(24)14-2-1-3-14/h6-7,9,13-14H,1-5,8,10-12H2,(H,21,23)/t13-/m0/s1. The van der Waals surface area contributed by atoms with Crippen LogP contribution in [0.3, 0.4) is 0 Å². The Morgan fingerprint density at radius 1 is 1.28 bits per heavy atom. The molecule has 1 aromatic heterocycles. The molecule has 25 heavy (non-hydrogen) atoms. The number of nitrogens with one attached hydrogen (secondary N) is 1. The molecule has 4 rings (SSSR count). The third-order valence-corrected chi connectivity index (χ3v) is 5.70. The number of carbonyl (C=O) groups excluding carboxylic acids is 2. The molecule has 3 heterocycles. The monoisotopic (exact) mass is 344 g/mol. The van der Waals surface area contributed by atoms with Crippen LogP contribution in [0.25, 0.3) is 0 Å². The second-order valence-corrected chi connectivity index (χ2v) is 7.52. The summed E-state index contributed by atoms with van der Waals surface area (Å²) in [5.74, 6) is 0.695. The molecule has 3 aliphatic rings. The molecule has 7 heteroatoms. The van der Waals surface area contributed by atoms with Gasteiger partial charge in [-0.3, -0.25) is 14.6 Å². The molecular formula is C18H24N4O3. The van der Waals surface area contributed by atoms with Gasteiger partial charge in [-0.25, -0.2) is 4.98 Å². The molecule has 2 amide bonds. The predicted molar refractivity (Wildman–Crippen MR) is 89.7 cm³/mol. The Morgan fingerprint density at radius 3 is 2.72 bits per heavy atom. The van der Waals surface area contributed by atoms with E-state index in [0.717, 1.165) is 38.8 Å². The van der Waals surface area contributed by atoms with E-state index < -0.39 is 0 Å². The van der Waals surface area contributed by atoms with Crippen LogP contribution in [0.2, 0.25) is 0 Å². The van der Waals surface area contributed by atoms with Gasteiger partial charge < -0.3 is 15.0 Å². The van der Waals surface area contributed by atoms with Crippen molar-refractivity contribution in [1.29, 1.82) is 0 Å². The number of likely N-dealkylation sites (tertiary alicyclic amines) is 1. The first-order valence-electron chi connectivity index (χ1n) is 9.12. The number of rotatable bonds is 4. The van der Waals surface area contributed by atoms with Crippen LogP contribution in [0.4, 0.5) is 0 Å². The van der Waals surface area contributed by atoms with Crippen molar-refractivity contribution in [3.8, 4) is 0 Å². The van der Waals surface area contributed by atoms with Gasteiger partial charge in [-0.2, -0.15) is 0 Å². The van der Waals surface area contributed by atoms with E-state index in [9.17, 15) is 9.59 Å². The fourth-order valence-electron chi connectivity index (χ4n) is 3.79. The van der Waals surface area contributed by atoms with Crippen molar-refractivity contribution >= 4 is 11.8 Å². The zero-order valence-corrected chi connectivity index (χ0v) is 14.3. The quantitative estimate of drug-likeness (QED) is 0.881. The lowest BCUT2D eigenvalue weighted by atomic mass is 9.79. The molecule has 134 valence electrons. The Bertz CT molecular complexity index is 631. The average Bonchev–Trinajstić information content (AvgIpc) is 2.57. The van der Waals surface area contributed by atoms with E-state index in [0.29, 0.717) is 30.7 Å². The van der Waals surface area contributed by atoms with E-state index in [4.69, 9.17) is 4.74 Å². The number of ether oxygens (including phenoxy) is 1. The summed E-state index contributed by atoms with van der Waals surface area (Å²) in [6.07, 6.45) is 9.77. The third-order valence-electron chi connectivity index (χ3n) is 5.70. The smallest absolute Gasteiger partial charge is 0.271 e. The molecular weight excluding hydrogens is 320 g/mol. The summed E-state index contributed by atoms with van der Waals surface area (Å²) < 4.78 is 6.09. The highest BCUT2D eigenvalue weighted by atomic mass is 16.5. The summed E-state index contributed by atoms with van der Waals surface area (Å²) in [4.78, 5) is 34.1. The molecule has 1 aromatic rings. The van der Waals surface area contributed by atoms with E-state index in [-0.39, 0.29) is 17.4 Å². The summed E-state index contributed by atoms with van der Waals surface area (Å²) in [5.41, 5.74) is 0.199.